The number of benzene rings is 2. The predicted octanol–water partition coefficient (Wildman–Crippen LogP) is 4.20. The highest BCUT2D eigenvalue weighted by Gasteiger charge is 2.40. The van der Waals surface area contributed by atoms with Crippen molar-refractivity contribution in [2.45, 2.75) is 25.3 Å². The Labute approximate surface area is 213 Å². The summed E-state index contributed by atoms with van der Waals surface area (Å²) in [5.41, 5.74) is 8.97. The van der Waals surface area contributed by atoms with Gasteiger partial charge in [0.2, 0.25) is 11.9 Å². The molecule has 1 saturated heterocycles. The summed E-state index contributed by atoms with van der Waals surface area (Å²) in [5.74, 6) is 0.329. The molecule has 1 amide bonds. The zero-order valence-electron chi connectivity index (χ0n) is 19.2. The number of fused-ring (bicyclic) bond motifs is 1. The molecule has 0 saturated carbocycles. The number of nitrogens with zero attached hydrogens (tertiary/aromatic N) is 5. The molecule has 0 spiro atoms. The Morgan fingerprint density at radius 2 is 1.80 bits per heavy atom. The van der Waals surface area contributed by atoms with Crippen molar-refractivity contribution in [2.75, 3.05) is 24.5 Å². The summed E-state index contributed by atoms with van der Waals surface area (Å²) >= 11 is 12.7. The van der Waals surface area contributed by atoms with E-state index in [1.54, 1.807) is 10.8 Å². The Kier molecular flexibility index (Phi) is 6.35. The molecule has 0 radical (unpaired) electrons. The summed E-state index contributed by atoms with van der Waals surface area (Å²) in [5, 5.41) is 9.48. The molecule has 4 aromatic rings. The summed E-state index contributed by atoms with van der Waals surface area (Å²) in [6.07, 6.45) is 2.69. The summed E-state index contributed by atoms with van der Waals surface area (Å²) in [6.45, 7) is 3.84. The van der Waals surface area contributed by atoms with E-state index in [1.807, 2.05) is 55.5 Å². The second-order valence-corrected chi connectivity index (χ2v) is 9.43. The number of anilines is 1. The summed E-state index contributed by atoms with van der Waals surface area (Å²) in [4.78, 5) is 23.5. The minimum atomic E-state index is -0.710. The van der Waals surface area contributed by atoms with Crippen LogP contribution in [0.25, 0.3) is 28.0 Å². The SMILES string of the molecule is CCNC1(C(N)=O)CCN(c2ncnc3c(-c4ccc(Cl)cc4)c(-c4ccccc4Cl)nn23)CC1. The number of amides is 1. The van der Waals surface area contributed by atoms with Crippen molar-refractivity contribution in [3.8, 4) is 22.4 Å². The molecule has 0 bridgehead atoms. The summed E-state index contributed by atoms with van der Waals surface area (Å²) in [6, 6.07) is 15.2. The van der Waals surface area contributed by atoms with Crippen molar-refractivity contribution >= 4 is 40.7 Å². The maximum atomic E-state index is 12.2. The number of likely N-dealkylation sites (N-methyl/N-ethyl adjacent to an activating group) is 1. The number of nitrogens with two attached hydrogens (primary N) is 1. The van der Waals surface area contributed by atoms with E-state index in [2.05, 4.69) is 20.2 Å². The van der Waals surface area contributed by atoms with E-state index in [4.69, 9.17) is 34.0 Å². The third kappa shape index (κ3) is 4.22. The Hall–Kier alpha value is -3.20. The van der Waals surface area contributed by atoms with Crippen molar-refractivity contribution < 1.29 is 4.79 Å². The Bertz CT molecular complexity index is 1380. The Morgan fingerprint density at radius 1 is 1.09 bits per heavy atom. The van der Waals surface area contributed by atoms with Crippen molar-refractivity contribution in [1.29, 1.82) is 0 Å². The number of piperidine rings is 1. The number of carbonyl (C=O) groups is 1. The number of primary amides is 1. The lowest BCUT2D eigenvalue weighted by Gasteiger charge is -2.40. The van der Waals surface area contributed by atoms with Gasteiger partial charge in [0.15, 0.2) is 5.65 Å². The number of carbonyl (C=O) groups excluding carboxylic acids is 1. The van der Waals surface area contributed by atoms with E-state index in [1.165, 1.54) is 0 Å². The highest BCUT2D eigenvalue weighted by Crippen LogP contribution is 2.39. The van der Waals surface area contributed by atoms with Crippen molar-refractivity contribution in [2.24, 2.45) is 5.73 Å². The number of nitrogens with one attached hydrogen (secondary N) is 1. The van der Waals surface area contributed by atoms with E-state index >= 15 is 0 Å². The molecule has 0 unspecified atom stereocenters. The van der Waals surface area contributed by atoms with Crippen molar-refractivity contribution in [1.82, 2.24) is 24.9 Å². The molecule has 10 heteroatoms. The maximum Gasteiger partial charge on any atom is 0.237 e. The van der Waals surface area contributed by atoms with Gasteiger partial charge in [-0.1, -0.05) is 60.5 Å². The zero-order valence-corrected chi connectivity index (χ0v) is 20.7. The van der Waals surface area contributed by atoms with Crippen LogP contribution in [0.3, 0.4) is 0 Å². The summed E-state index contributed by atoms with van der Waals surface area (Å²) in [7, 11) is 0. The van der Waals surface area contributed by atoms with Gasteiger partial charge in [-0.15, -0.1) is 0 Å². The molecule has 2 aromatic carbocycles. The lowest BCUT2D eigenvalue weighted by atomic mass is 9.86. The fourth-order valence-corrected chi connectivity index (χ4v) is 5.09. The Balaban J connectivity index is 1.63. The number of aromatic nitrogens is 4. The minimum absolute atomic E-state index is 0.322. The lowest BCUT2D eigenvalue weighted by Crippen LogP contribution is -2.61. The van der Waals surface area contributed by atoms with Crippen LogP contribution in [0.1, 0.15) is 19.8 Å². The fraction of sp³-hybridized carbons (Fsp3) is 0.280. The first-order valence-electron chi connectivity index (χ1n) is 11.5. The molecule has 1 fully saturated rings. The molecule has 5 rings (SSSR count). The van der Waals surface area contributed by atoms with E-state index in [0.29, 0.717) is 59.8 Å². The molecule has 0 aliphatic carbocycles. The van der Waals surface area contributed by atoms with Gasteiger partial charge in [0.1, 0.15) is 17.6 Å². The molecule has 3 N–H and O–H groups in total. The third-order valence-corrected chi connectivity index (χ3v) is 7.13. The van der Waals surface area contributed by atoms with Crippen LogP contribution >= 0.6 is 23.2 Å². The first-order valence-corrected chi connectivity index (χ1v) is 12.2. The topological polar surface area (TPSA) is 101 Å². The minimum Gasteiger partial charge on any atom is -0.368 e. The highest BCUT2D eigenvalue weighted by atomic mass is 35.5. The molecule has 180 valence electrons. The molecule has 35 heavy (non-hydrogen) atoms. The number of hydrogen-bond acceptors (Lipinski definition) is 6. The van der Waals surface area contributed by atoms with E-state index in [-0.39, 0.29) is 5.91 Å². The quantitative estimate of drug-likeness (QED) is 0.403. The number of halogens is 2. The first kappa shape index (κ1) is 23.5. The number of hydrogen-bond donors (Lipinski definition) is 2. The predicted molar refractivity (Wildman–Crippen MR) is 139 cm³/mol. The molecule has 0 atom stereocenters. The van der Waals surface area contributed by atoms with Crippen molar-refractivity contribution in [3.05, 3.63) is 64.9 Å². The van der Waals surface area contributed by atoms with Gasteiger partial charge < -0.3 is 16.0 Å². The van der Waals surface area contributed by atoms with Crippen LogP contribution in [0.15, 0.2) is 54.9 Å². The van der Waals surface area contributed by atoms with Gasteiger partial charge in [-0.05, 0) is 43.1 Å². The van der Waals surface area contributed by atoms with Gasteiger partial charge in [0.05, 0.1) is 10.6 Å². The zero-order chi connectivity index (χ0) is 24.6. The van der Waals surface area contributed by atoms with Gasteiger partial charge in [-0.3, -0.25) is 4.79 Å². The van der Waals surface area contributed by atoms with Gasteiger partial charge >= 0.3 is 0 Å². The van der Waals surface area contributed by atoms with Crippen LogP contribution < -0.4 is 16.0 Å². The van der Waals surface area contributed by atoms with Crippen LogP contribution in [0.4, 0.5) is 5.95 Å². The molecule has 2 aromatic heterocycles. The second-order valence-electron chi connectivity index (χ2n) is 8.58. The van der Waals surface area contributed by atoms with Gasteiger partial charge in [0, 0.05) is 23.7 Å². The molecule has 1 aliphatic heterocycles. The summed E-state index contributed by atoms with van der Waals surface area (Å²) < 4.78 is 1.76. The second kappa shape index (κ2) is 9.45. The van der Waals surface area contributed by atoms with Crippen LogP contribution in [0.2, 0.25) is 10.0 Å². The molecular weight excluding hydrogens is 485 g/mol. The van der Waals surface area contributed by atoms with Crippen molar-refractivity contribution in [3.63, 3.8) is 0 Å². The van der Waals surface area contributed by atoms with Gasteiger partial charge in [-0.2, -0.15) is 9.61 Å². The lowest BCUT2D eigenvalue weighted by molar-refractivity contribution is -0.125. The van der Waals surface area contributed by atoms with Crippen LogP contribution in [-0.2, 0) is 4.79 Å². The Morgan fingerprint density at radius 3 is 2.46 bits per heavy atom. The van der Waals surface area contributed by atoms with E-state index in [9.17, 15) is 4.79 Å². The molecular formula is C25H25Cl2N7O. The standard InChI is InChI=1S/C25H25Cl2N7O/c1-2-31-25(23(28)35)11-13-33(14-12-25)24-30-15-29-22-20(16-7-9-17(26)10-8-16)21(32-34(22)24)18-5-3-4-6-19(18)27/h3-10,15,31H,2,11-14H2,1H3,(H2,28,35). The first-order chi connectivity index (χ1) is 16.9. The largest absolute Gasteiger partial charge is 0.368 e. The van der Waals surface area contributed by atoms with E-state index in [0.717, 1.165) is 16.7 Å². The third-order valence-electron chi connectivity index (χ3n) is 6.55. The average Bonchev–Trinajstić information content (AvgIpc) is 3.25. The van der Waals surface area contributed by atoms with Crippen LogP contribution in [-0.4, -0.2) is 50.7 Å². The van der Waals surface area contributed by atoms with Crippen LogP contribution in [0.5, 0.6) is 0 Å². The molecule has 8 nitrogen and oxygen atoms in total. The fourth-order valence-electron chi connectivity index (χ4n) is 4.73. The monoisotopic (exact) mass is 509 g/mol. The highest BCUT2D eigenvalue weighted by molar-refractivity contribution is 6.33. The normalized spacial score (nSPS) is 15.5. The van der Waals surface area contributed by atoms with Gasteiger partial charge in [-0.25, -0.2) is 9.97 Å². The van der Waals surface area contributed by atoms with E-state index < -0.39 is 5.54 Å². The molecule has 1 aliphatic rings. The maximum absolute atomic E-state index is 12.2. The average molecular weight is 510 g/mol. The number of rotatable bonds is 6. The van der Waals surface area contributed by atoms with Gasteiger partial charge in [0.25, 0.3) is 0 Å². The van der Waals surface area contributed by atoms with Crippen LogP contribution in [0, 0.1) is 0 Å². The molecule has 3 heterocycles. The smallest absolute Gasteiger partial charge is 0.237 e.